The van der Waals surface area contributed by atoms with E-state index >= 15 is 0 Å². The van der Waals surface area contributed by atoms with Crippen LogP contribution in [0.3, 0.4) is 0 Å². The zero-order valence-electron chi connectivity index (χ0n) is 24.4. The predicted molar refractivity (Wildman–Crippen MR) is 165 cm³/mol. The summed E-state index contributed by atoms with van der Waals surface area (Å²) in [5.41, 5.74) is 3.98. The van der Waals surface area contributed by atoms with Crippen LogP contribution in [-0.4, -0.2) is 29.7 Å². The molecule has 0 bridgehead atoms. The van der Waals surface area contributed by atoms with E-state index in [-0.39, 0.29) is 30.3 Å². The highest BCUT2D eigenvalue weighted by atomic mass is 35.5. The predicted octanol–water partition coefficient (Wildman–Crippen LogP) is 6.81. The number of ether oxygens (including phenoxy) is 1. The maximum atomic E-state index is 14.5. The Bertz CT molecular complexity index is 1250. The first kappa shape index (κ1) is 32.6. The van der Waals surface area contributed by atoms with E-state index in [1.165, 1.54) is 36.6 Å². The third-order valence-electron chi connectivity index (χ3n) is 7.95. The minimum absolute atomic E-state index is 0. The zero-order valence-corrected chi connectivity index (χ0v) is 25.2. The van der Waals surface area contributed by atoms with Crippen molar-refractivity contribution in [3.05, 3.63) is 101 Å². The van der Waals surface area contributed by atoms with Crippen LogP contribution in [0.2, 0.25) is 0 Å². The lowest BCUT2D eigenvalue weighted by molar-refractivity contribution is -0.120. The van der Waals surface area contributed by atoms with Gasteiger partial charge in [0.05, 0.1) is 12.1 Å². The van der Waals surface area contributed by atoms with E-state index in [9.17, 15) is 14.3 Å². The number of carbonyl (C=O) groups excluding carboxylic acids is 1. The Balaban J connectivity index is 0.00000462. The smallest absolute Gasteiger partial charge is 0.217 e. The van der Waals surface area contributed by atoms with Gasteiger partial charge in [0, 0.05) is 25.1 Å². The van der Waals surface area contributed by atoms with Crippen molar-refractivity contribution in [3.8, 4) is 5.75 Å². The third-order valence-corrected chi connectivity index (χ3v) is 7.95. The number of carbonyl (C=O) groups is 1. The van der Waals surface area contributed by atoms with Gasteiger partial charge in [0.25, 0.3) is 0 Å². The van der Waals surface area contributed by atoms with E-state index in [4.69, 9.17) is 4.74 Å². The minimum Gasteiger partial charge on any atom is -0.489 e. The van der Waals surface area contributed by atoms with Crippen LogP contribution in [0.1, 0.15) is 81.0 Å². The first-order valence-electron chi connectivity index (χ1n) is 14.5. The van der Waals surface area contributed by atoms with Crippen LogP contribution in [0.15, 0.2) is 72.8 Å². The van der Waals surface area contributed by atoms with Crippen LogP contribution < -0.4 is 15.4 Å². The summed E-state index contributed by atoms with van der Waals surface area (Å²) >= 11 is 0. The molecule has 0 heterocycles. The summed E-state index contributed by atoms with van der Waals surface area (Å²) < 4.78 is 20.4. The van der Waals surface area contributed by atoms with Gasteiger partial charge in [0.1, 0.15) is 18.2 Å². The highest BCUT2D eigenvalue weighted by molar-refractivity contribution is 5.85. The van der Waals surface area contributed by atoms with Gasteiger partial charge in [0.15, 0.2) is 0 Å². The Labute approximate surface area is 250 Å². The van der Waals surface area contributed by atoms with Crippen LogP contribution in [0, 0.1) is 5.82 Å². The van der Waals surface area contributed by atoms with Gasteiger partial charge in [-0.15, -0.1) is 12.4 Å². The second-order valence-corrected chi connectivity index (χ2v) is 11.5. The summed E-state index contributed by atoms with van der Waals surface area (Å²) in [7, 11) is 0. The zero-order chi connectivity index (χ0) is 28.5. The van der Waals surface area contributed by atoms with Gasteiger partial charge in [-0.3, -0.25) is 4.79 Å². The Hall–Kier alpha value is -2.93. The van der Waals surface area contributed by atoms with Crippen molar-refractivity contribution in [3.63, 3.8) is 0 Å². The minimum atomic E-state index is -0.868. The number of hydrogen-bond acceptors (Lipinski definition) is 4. The largest absolute Gasteiger partial charge is 0.489 e. The highest BCUT2D eigenvalue weighted by Gasteiger charge is 2.35. The Morgan fingerprint density at radius 2 is 1.71 bits per heavy atom. The molecule has 5 nitrogen and oxygen atoms in total. The first-order valence-corrected chi connectivity index (χ1v) is 14.5. The SMILES string of the molecule is CC(=O)N[C@@H](Cc1cc(F)cc(OCc2ccccc2)c1)[C@H](O)CNC1(c2cccc(C(C)C)c2)CCCCC1.Cl. The van der Waals surface area contributed by atoms with E-state index in [0.717, 1.165) is 31.2 Å². The van der Waals surface area contributed by atoms with Crippen molar-refractivity contribution in [1.29, 1.82) is 0 Å². The van der Waals surface area contributed by atoms with Crippen LogP contribution in [0.5, 0.6) is 5.75 Å². The molecule has 3 aromatic rings. The molecule has 222 valence electrons. The number of nitrogens with one attached hydrogen (secondary N) is 2. The summed E-state index contributed by atoms with van der Waals surface area (Å²) in [6, 6.07) is 22.5. The van der Waals surface area contributed by atoms with Gasteiger partial charge in [-0.25, -0.2) is 4.39 Å². The van der Waals surface area contributed by atoms with Crippen LogP contribution in [-0.2, 0) is 23.4 Å². The molecule has 1 fully saturated rings. The van der Waals surface area contributed by atoms with Gasteiger partial charge in [-0.2, -0.15) is 0 Å². The molecule has 3 aromatic carbocycles. The van der Waals surface area contributed by atoms with E-state index in [1.807, 2.05) is 30.3 Å². The molecule has 41 heavy (non-hydrogen) atoms. The Morgan fingerprint density at radius 1 is 0.976 bits per heavy atom. The van der Waals surface area contributed by atoms with Crippen molar-refractivity contribution in [2.75, 3.05) is 6.54 Å². The van der Waals surface area contributed by atoms with Crippen molar-refractivity contribution < 1.29 is 19.0 Å². The number of halogens is 2. The monoisotopic (exact) mass is 582 g/mol. The molecule has 0 saturated heterocycles. The maximum absolute atomic E-state index is 14.5. The number of aliphatic hydroxyl groups excluding tert-OH is 1. The topological polar surface area (TPSA) is 70.6 Å². The van der Waals surface area contributed by atoms with Crippen LogP contribution >= 0.6 is 12.4 Å². The number of rotatable bonds is 12. The fraction of sp³-hybridized carbons (Fsp3) is 0.441. The summed E-state index contributed by atoms with van der Waals surface area (Å²) in [5, 5.41) is 18.0. The molecule has 0 aliphatic heterocycles. The van der Waals surface area contributed by atoms with Gasteiger partial charge >= 0.3 is 0 Å². The van der Waals surface area contributed by atoms with Gasteiger partial charge in [0.2, 0.25) is 5.91 Å². The molecule has 4 rings (SSSR count). The number of benzene rings is 3. The quantitative estimate of drug-likeness (QED) is 0.219. The van der Waals surface area contributed by atoms with Crippen molar-refractivity contribution >= 4 is 18.3 Å². The maximum Gasteiger partial charge on any atom is 0.217 e. The fourth-order valence-corrected chi connectivity index (χ4v) is 5.72. The Morgan fingerprint density at radius 3 is 2.39 bits per heavy atom. The van der Waals surface area contributed by atoms with Crippen molar-refractivity contribution in [2.45, 2.75) is 89.5 Å². The Kier molecular flexibility index (Phi) is 12.2. The summed E-state index contributed by atoms with van der Waals surface area (Å²) in [6.45, 7) is 6.47. The molecule has 1 aliphatic carbocycles. The molecule has 3 N–H and O–H groups in total. The standard InChI is InChI=1S/C34H43FN2O3.ClH/c1-24(2)28-13-10-14-29(20-28)34(15-8-5-9-16-34)36-22-33(39)32(37-25(3)38)19-27-17-30(35)21-31(18-27)40-23-26-11-6-4-7-12-26;/h4,6-7,10-14,17-18,20-21,24,32-33,36,39H,5,8-9,15-16,19,22-23H2,1-3H3,(H,37,38);1H/t32-,33+;/m0./s1. The molecule has 1 saturated carbocycles. The normalized spacial score (nSPS) is 16.0. The molecular weight excluding hydrogens is 539 g/mol. The van der Waals surface area contributed by atoms with Crippen LogP contribution in [0.4, 0.5) is 4.39 Å². The first-order chi connectivity index (χ1) is 19.2. The molecule has 0 spiro atoms. The van der Waals surface area contributed by atoms with E-state index < -0.39 is 18.0 Å². The number of aliphatic hydroxyl groups is 1. The number of amides is 1. The van der Waals surface area contributed by atoms with Gasteiger partial charge in [-0.05, 0) is 59.6 Å². The molecule has 1 amide bonds. The summed E-state index contributed by atoms with van der Waals surface area (Å²) in [4.78, 5) is 12.1. The molecule has 0 aromatic heterocycles. The van der Waals surface area contributed by atoms with E-state index in [0.29, 0.717) is 30.4 Å². The molecular formula is C34H44ClFN2O3. The lowest BCUT2D eigenvalue weighted by atomic mass is 9.75. The second kappa shape index (κ2) is 15.3. The molecule has 0 unspecified atom stereocenters. The van der Waals surface area contributed by atoms with E-state index in [1.54, 1.807) is 6.07 Å². The summed E-state index contributed by atoms with van der Waals surface area (Å²) in [5.74, 6) is 0.196. The van der Waals surface area contributed by atoms with Crippen LogP contribution in [0.25, 0.3) is 0 Å². The number of hydrogen-bond donors (Lipinski definition) is 3. The average molecular weight is 583 g/mol. The molecule has 1 aliphatic rings. The lowest BCUT2D eigenvalue weighted by Crippen LogP contribution is -2.53. The van der Waals surface area contributed by atoms with Crippen molar-refractivity contribution in [2.24, 2.45) is 0 Å². The van der Waals surface area contributed by atoms with Gasteiger partial charge in [-0.1, -0.05) is 87.7 Å². The fourth-order valence-electron chi connectivity index (χ4n) is 5.72. The lowest BCUT2D eigenvalue weighted by Gasteiger charge is -2.40. The van der Waals surface area contributed by atoms with Crippen molar-refractivity contribution in [1.82, 2.24) is 10.6 Å². The highest BCUT2D eigenvalue weighted by Crippen LogP contribution is 2.38. The van der Waals surface area contributed by atoms with Gasteiger partial charge < -0.3 is 20.5 Å². The second-order valence-electron chi connectivity index (χ2n) is 11.5. The molecule has 0 radical (unpaired) electrons. The third kappa shape index (κ3) is 9.29. The average Bonchev–Trinajstić information content (AvgIpc) is 2.95. The van der Waals surface area contributed by atoms with E-state index in [2.05, 4.69) is 48.7 Å². The summed E-state index contributed by atoms with van der Waals surface area (Å²) in [6.07, 6.45) is 4.86. The molecule has 7 heteroatoms. The molecule has 2 atom stereocenters.